The summed E-state index contributed by atoms with van der Waals surface area (Å²) in [7, 11) is 0. The molecule has 1 fully saturated rings. The molecule has 0 N–H and O–H groups in total. The minimum absolute atomic E-state index is 0.0910. The number of hydrogen-bond acceptors (Lipinski definition) is 2. The van der Waals surface area contributed by atoms with Crippen LogP contribution in [0, 0.1) is 0 Å². The van der Waals surface area contributed by atoms with Crippen LogP contribution in [-0.2, 0) is 9.59 Å². The van der Waals surface area contributed by atoms with Gasteiger partial charge in [-0.1, -0.05) is 46.4 Å². The van der Waals surface area contributed by atoms with Gasteiger partial charge in [0.25, 0.3) is 0 Å². The Hall–Kier alpha value is 0.500. The topological polar surface area (TPSA) is 34.1 Å². The quantitative estimate of drug-likeness (QED) is 0.488. The van der Waals surface area contributed by atoms with E-state index in [-0.39, 0.29) is 12.8 Å². The smallest absolute Gasteiger partial charge is 0.237 e. The molecule has 0 spiro atoms. The fraction of sp³-hybridized carbons (Fsp3) is 0.667. The molecule has 0 amide bonds. The van der Waals surface area contributed by atoms with Crippen LogP contribution < -0.4 is 0 Å². The van der Waals surface area contributed by atoms with Gasteiger partial charge in [-0.05, 0) is 12.8 Å². The Bertz CT molecular complexity index is 220. The Balaban J connectivity index is 2.96. The minimum Gasteiger partial charge on any atom is -0.287 e. The van der Waals surface area contributed by atoms with Gasteiger partial charge in [0.15, 0.2) is 8.67 Å². The van der Waals surface area contributed by atoms with Gasteiger partial charge in [-0.15, -0.1) is 0 Å². The van der Waals surface area contributed by atoms with Crippen molar-refractivity contribution < 1.29 is 9.59 Å². The van der Waals surface area contributed by atoms with Crippen molar-refractivity contribution in [2.75, 3.05) is 0 Å². The van der Waals surface area contributed by atoms with E-state index in [9.17, 15) is 9.59 Å². The predicted octanol–water partition coefficient (Wildman–Crippen LogP) is 2.27. The average Bonchev–Trinajstić information content (AvgIpc) is 1.96. The highest BCUT2D eigenvalue weighted by Crippen LogP contribution is 2.42. The van der Waals surface area contributed by atoms with Crippen molar-refractivity contribution in [1.82, 2.24) is 0 Å². The molecule has 0 saturated heterocycles. The molecule has 1 saturated carbocycles. The van der Waals surface area contributed by atoms with Crippen molar-refractivity contribution in [3.05, 3.63) is 0 Å². The zero-order valence-corrected chi connectivity index (χ0v) is 8.77. The highest BCUT2D eigenvalue weighted by Gasteiger charge is 2.52. The molecule has 0 aliphatic heterocycles. The first-order valence-electron chi connectivity index (χ1n) is 3.12. The Labute approximate surface area is 89.1 Å². The largest absolute Gasteiger partial charge is 0.287 e. The summed E-state index contributed by atoms with van der Waals surface area (Å²) >= 11 is 22.1. The number of Topliss-reactive ketones (excluding diaryl/α,β-unsaturated/α-hetero) is 2. The number of halogens is 4. The number of carbonyl (C=O) groups excluding carboxylic acids is 2. The lowest BCUT2D eigenvalue weighted by atomic mass is 9.96. The molecule has 0 unspecified atom stereocenters. The summed E-state index contributed by atoms with van der Waals surface area (Å²) in [6.07, 6.45) is 0.182. The first-order chi connectivity index (χ1) is 5.27. The third-order valence-electron chi connectivity index (χ3n) is 1.62. The lowest BCUT2D eigenvalue weighted by Crippen LogP contribution is -2.47. The van der Waals surface area contributed by atoms with E-state index in [4.69, 9.17) is 46.4 Å². The Kier molecular flexibility index (Phi) is 2.66. The van der Waals surface area contributed by atoms with Crippen LogP contribution in [0.1, 0.15) is 12.8 Å². The standard InChI is InChI=1S/C6H4Cl4O2/c7-5(8)1-2-6(9,10)4(12)3(5)11/h1-2H2. The average molecular weight is 250 g/mol. The van der Waals surface area contributed by atoms with Gasteiger partial charge >= 0.3 is 0 Å². The molecule has 1 aliphatic carbocycles. The van der Waals surface area contributed by atoms with Gasteiger partial charge in [0.05, 0.1) is 0 Å². The summed E-state index contributed by atoms with van der Waals surface area (Å²) in [5.41, 5.74) is 0. The molecule has 0 radical (unpaired) electrons. The lowest BCUT2D eigenvalue weighted by molar-refractivity contribution is -0.138. The van der Waals surface area contributed by atoms with E-state index >= 15 is 0 Å². The molecule has 6 heteroatoms. The summed E-state index contributed by atoms with van der Waals surface area (Å²) < 4.78 is -3.30. The molecule has 0 heterocycles. The van der Waals surface area contributed by atoms with E-state index in [1.54, 1.807) is 0 Å². The highest BCUT2D eigenvalue weighted by atomic mass is 35.5. The molecular weight excluding hydrogens is 246 g/mol. The molecule has 1 aliphatic rings. The molecule has 0 aromatic carbocycles. The van der Waals surface area contributed by atoms with E-state index in [0.29, 0.717) is 0 Å². The van der Waals surface area contributed by atoms with Gasteiger partial charge in [0, 0.05) is 0 Å². The van der Waals surface area contributed by atoms with Gasteiger partial charge in [0.2, 0.25) is 11.6 Å². The third-order valence-corrected chi connectivity index (χ3v) is 3.07. The van der Waals surface area contributed by atoms with E-state index in [1.807, 2.05) is 0 Å². The molecule has 1 rings (SSSR count). The Morgan fingerprint density at radius 2 is 1.08 bits per heavy atom. The molecule has 0 bridgehead atoms. The maximum absolute atomic E-state index is 11.1. The fourth-order valence-corrected chi connectivity index (χ4v) is 1.59. The number of ketones is 2. The van der Waals surface area contributed by atoms with E-state index in [0.717, 1.165) is 0 Å². The summed E-state index contributed by atoms with van der Waals surface area (Å²) in [6.45, 7) is 0. The second-order valence-electron chi connectivity index (χ2n) is 2.57. The number of alkyl halides is 4. The normalized spacial score (nSPS) is 27.3. The van der Waals surface area contributed by atoms with E-state index in [1.165, 1.54) is 0 Å². The first-order valence-corrected chi connectivity index (χ1v) is 4.63. The molecule has 68 valence electrons. The van der Waals surface area contributed by atoms with Gasteiger partial charge in [-0.3, -0.25) is 9.59 Å². The summed E-state index contributed by atoms with van der Waals surface area (Å²) in [6, 6.07) is 0. The fourth-order valence-electron chi connectivity index (χ4n) is 0.873. The van der Waals surface area contributed by atoms with Crippen molar-refractivity contribution in [2.45, 2.75) is 21.5 Å². The molecular formula is C6H4Cl4O2. The molecule has 2 nitrogen and oxygen atoms in total. The van der Waals surface area contributed by atoms with Crippen molar-refractivity contribution in [3.8, 4) is 0 Å². The minimum atomic E-state index is -1.65. The number of carbonyl (C=O) groups is 2. The van der Waals surface area contributed by atoms with Crippen LogP contribution in [0.25, 0.3) is 0 Å². The van der Waals surface area contributed by atoms with Gasteiger partial charge in [-0.2, -0.15) is 0 Å². The van der Waals surface area contributed by atoms with Gasteiger partial charge < -0.3 is 0 Å². The number of rotatable bonds is 0. The number of hydrogen-bond donors (Lipinski definition) is 0. The van der Waals surface area contributed by atoms with Crippen molar-refractivity contribution in [1.29, 1.82) is 0 Å². The Morgan fingerprint density at radius 1 is 0.833 bits per heavy atom. The second kappa shape index (κ2) is 3.02. The van der Waals surface area contributed by atoms with Gasteiger partial charge in [-0.25, -0.2) is 0 Å². The van der Waals surface area contributed by atoms with Crippen molar-refractivity contribution in [2.24, 2.45) is 0 Å². The van der Waals surface area contributed by atoms with Gasteiger partial charge in [0.1, 0.15) is 0 Å². The van der Waals surface area contributed by atoms with Crippen LogP contribution in [0.15, 0.2) is 0 Å². The van der Waals surface area contributed by atoms with E-state index in [2.05, 4.69) is 0 Å². The first kappa shape index (κ1) is 10.6. The van der Waals surface area contributed by atoms with Crippen LogP contribution in [0.5, 0.6) is 0 Å². The van der Waals surface area contributed by atoms with Crippen LogP contribution in [-0.4, -0.2) is 20.2 Å². The zero-order chi connectivity index (χ0) is 9.57. The summed E-state index contributed by atoms with van der Waals surface area (Å²) in [5, 5.41) is 0. The summed E-state index contributed by atoms with van der Waals surface area (Å²) in [5.74, 6) is -1.86. The summed E-state index contributed by atoms with van der Waals surface area (Å²) in [4.78, 5) is 22.2. The molecule has 0 aromatic heterocycles. The van der Waals surface area contributed by atoms with Crippen LogP contribution >= 0.6 is 46.4 Å². The maximum atomic E-state index is 11.1. The maximum Gasteiger partial charge on any atom is 0.237 e. The molecule has 12 heavy (non-hydrogen) atoms. The SMILES string of the molecule is O=C1C(=O)C(Cl)(Cl)CCC1(Cl)Cl. The van der Waals surface area contributed by atoms with Crippen molar-refractivity contribution >= 4 is 58.0 Å². The second-order valence-corrected chi connectivity index (χ2v) is 5.53. The Morgan fingerprint density at radius 3 is 1.33 bits per heavy atom. The molecule has 0 aromatic rings. The van der Waals surface area contributed by atoms with Crippen LogP contribution in [0.4, 0.5) is 0 Å². The third kappa shape index (κ3) is 1.72. The van der Waals surface area contributed by atoms with E-state index < -0.39 is 20.2 Å². The monoisotopic (exact) mass is 248 g/mol. The highest BCUT2D eigenvalue weighted by molar-refractivity contribution is 6.76. The predicted molar refractivity (Wildman–Crippen MR) is 48.1 cm³/mol. The van der Waals surface area contributed by atoms with Crippen LogP contribution in [0.2, 0.25) is 0 Å². The van der Waals surface area contributed by atoms with Crippen LogP contribution in [0.3, 0.4) is 0 Å². The van der Waals surface area contributed by atoms with Crippen molar-refractivity contribution in [3.63, 3.8) is 0 Å². The zero-order valence-electron chi connectivity index (χ0n) is 5.74. The molecule has 0 atom stereocenters. The lowest BCUT2D eigenvalue weighted by Gasteiger charge is -2.29.